The van der Waals surface area contributed by atoms with Crippen molar-refractivity contribution in [2.75, 3.05) is 18.5 Å². The molecule has 2 fully saturated rings. The van der Waals surface area contributed by atoms with E-state index in [1.165, 1.54) is 6.42 Å². The average molecular weight is 290 g/mol. The van der Waals surface area contributed by atoms with Gasteiger partial charge >= 0.3 is 0 Å². The van der Waals surface area contributed by atoms with Gasteiger partial charge in [0.1, 0.15) is 6.10 Å². The monoisotopic (exact) mass is 289 g/mol. The molecule has 2 aliphatic heterocycles. The lowest BCUT2D eigenvalue weighted by atomic mass is 10.1. The summed E-state index contributed by atoms with van der Waals surface area (Å²) in [6.07, 6.45) is 6.43. The first-order chi connectivity index (χ1) is 7.83. The van der Waals surface area contributed by atoms with Crippen LogP contribution in [0.15, 0.2) is 0 Å². The molecular formula is C12H20BrNO2. The van der Waals surface area contributed by atoms with Crippen LogP contribution in [0.4, 0.5) is 0 Å². The van der Waals surface area contributed by atoms with Gasteiger partial charge < -0.3 is 9.64 Å². The molecule has 92 valence electrons. The Labute approximate surface area is 106 Å². The predicted molar refractivity (Wildman–Crippen MR) is 66.7 cm³/mol. The van der Waals surface area contributed by atoms with Gasteiger partial charge in [-0.2, -0.15) is 0 Å². The molecule has 0 spiro atoms. The molecule has 2 atom stereocenters. The van der Waals surface area contributed by atoms with Gasteiger partial charge in [-0.05, 0) is 38.5 Å². The molecule has 0 aromatic heterocycles. The smallest absolute Gasteiger partial charge is 0.251 e. The molecular weight excluding hydrogens is 270 g/mol. The molecule has 0 radical (unpaired) electrons. The summed E-state index contributed by atoms with van der Waals surface area (Å²) in [5.74, 6) is 0.245. The van der Waals surface area contributed by atoms with Gasteiger partial charge in [0.15, 0.2) is 0 Å². The van der Waals surface area contributed by atoms with Gasteiger partial charge in [0.25, 0.3) is 5.91 Å². The molecule has 4 heteroatoms. The van der Waals surface area contributed by atoms with Crippen molar-refractivity contribution in [3.8, 4) is 0 Å². The molecule has 2 unspecified atom stereocenters. The summed E-state index contributed by atoms with van der Waals surface area (Å²) < 4.78 is 5.48. The van der Waals surface area contributed by atoms with Crippen molar-refractivity contribution in [1.82, 2.24) is 4.90 Å². The quantitative estimate of drug-likeness (QED) is 0.744. The first-order valence-corrected chi connectivity index (χ1v) is 7.43. The van der Waals surface area contributed by atoms with E-state index in [2.05, 4.69) is 20.8 Å². The fraction of sp³-hybridized carbons (Fsp3) is 0.917. The van der Waals surface area contributed by atoms with Gasteiger partial charge in [0.05, 0.1) is 0 Å². The van der Waals surface area contributed by atoms with Crippen molar-refractivity contribution < 1.29 is 9.53 Å². The zero-order valence-corrected chi connectivity index (χ0v) is 11.2. The zero-order chi connectivity index (χ0) is 11.4. The Balaban J connectivity index is 1.88. The molecule has 1 amide bonds. The van der Waals surface area contributed by atoms with E-state index in [0.29, 0.717) is 6.04 Å². The summed E-state index contributed by atoms with van der Waals surface area (Å²) in [5.41, 5.74) is 0. The van der Waals surface area contributed by atoms with Gasteiger partial charge in [-0.15, -0.1) is 0 Å². The molecule has 2 heterocycles. The number of hydrogen-bond acceptors (Lipinski definition) is 2. The Morgan fingerprint density at radius 2 is 2.25 bits per heavy atom. The van der Waals surface area contributed by atoms with Crippen LogP contribution in [0.3, 0.4) is 0 Å². The van der Waals surface area contributed by atoms with E-state index >= 15 is 0 Å². The number of alkyl halides is 1. The number of nitrogens with zero attached hydrogens (tertiary/aromatic N) is 1. The Hall–Kier alpha value is -0.0900. The van der Waals surface area contributed by atoms with Gasteiger partial charge in [-0.25, -0.2) is 0 Å². The summed E-state index contributed by atoms with van der Waals surface area (Å²) in [7, 11) is 0. The number of rotatable bonds is 4. The standard InChI is InChI=1S/C12H20BrNO2/c13-7-1-4-10-5-2-8-14(10)12(15)11-6-3-9-16-11/h10-11H,1-9H2. The van der Waals surface area contributed by atoms with Gasteiger partial charge in [0, 0.05) is 24.5 Å². The molecule has 2 aliphatic rings. The van der Waals surface area contributed by atoms with E-state index in [1.807, 2.05) is 0 Å². The zero-order valence-electron chi connectivity index (χ0n) is 9.66. The fourth-order valence-corrected chi connectivity index (χ4v) is 3.02. The van der Waals surface area contributed by atoms with Crippen molar-refractivity contribution in [1.29, 1.82) is 0 Å². The van der Waals surface area contributed by atoms with Crippen LogP contribution in [-0.2, 0) is 9.53 Å². The Morgan fingerprint density at radius 3 is 2.94 bits per heavy atom. The van der Waals surface area contributed by atoms with Crippen molar-refractivity contribution >= 4 is 21.8 Å². The maximum absolute atomic E-state index is 12.2. The van der Waals surface area contributed by atoms with Crippen LogP contribution < -0.4 is 0 Å². The van der Waals surface area contributed by atoms with Crippen LogP contribution in [0, 0.1) is 0 Å². The van der Waals surface area contributed by atoms with E-state index in [1.54, 1.807) is 0 Å². The third-order valence-electron chi connectivity index (χ3n) is 3.54. The van der Waals surface area contributed by atoms with Crippen molar-refractivity contribution in [3.63, 3.8) is 0 Å². The lowest BCUT2D eigenvalue weighted by molar-refractivity contribution is -0.141. The average Bonchev–Trinajstić information content (AvgIpc) is 2.96. The van der Waals surface area contributed by atoms with E-state index < -0.39 is 0 Å². The van der Waals surface area contributed by atoms with E-state index in [4.69, 9.17) is 4.74 Å². The van der Waals surface area contributed by atoms with Crippen molar-refractivity contribution in [2.24, 2.45) is 0 Å². The number of ether oxygens (including phenoxy) is 1. The lowest BCUT2D eigenvalue weighted by Crippen LogP contribution is -2.41. The largest absolute Gasteiger partial charge is 0.368 e. The first kappa shape index (κ1) is 12.4. The minimum atomic E-state index is -0.135. The highest BCUT2D eigenvalue weighted by Crippen LogP contribution is 2.25. The Kier molecular flexibility index (Phi) is 4.65. The summed E-state index contributed by atoms with van der Waals surface area (Å²) >= 11 is 3.45. The van der Waals surface area contributed by atoms with Gasteiger partial charge in [0.2, 0.25) is 0 Å². The topological polar surface area (TPSA) is 29.5 Å². The molecule has 0 bridgehead atoms. The first-order valence-electron chi connectivity index (χ1n) is 6.31. The van der Waals surface area contributed by atoms with Crippen LogP contribution in [0.2, 0.25) is 0 Å². The van der Waals surface area contributed by atoms with Gasteiger partial charge in [-0.1, -0.05) is 15.9 Å². The number of amides is 1. The van der Waals surface area contributed by atoms with Gasteiger partial charge in [-0.3, -0.25) is 4.79 Å². The van der Waals surface area contributed by atoms with E-state index in [0.717, 1.165) is 50.6 Å². The molecule has 16 heavy (non-hydrogen) atoms. The van der Waals surface area contributed by atoms with Crippen LogP contribution in [0.5, 0.6) is 0 Å². The highest BCUT2D eigenvalue weighted by molar-refractivity contribution is 9.09. The van der Waals surface area contributed by atoms with Crippen LogP contribution in [0.1, 0.15) is 38.5 Å². The summed E-state index contributed by atoms with van der Waals surface area (Å²) in [4.78, 5) is 14.3. The second-order valence-corrected chi connectivity index (χ2v) is 5.45. The molecule has 0 aromatic rings. The highest BCUT2D eigenvalue weighted by Gasteiger charge is 2.34. The number of likely N-dealkylation sites (tertiary alicyclic amines) is 1. The third-order valence-corrected chi connectivity index (χ3v) is 4.10. The number of carbonyl (C=O) groups is 1. The normalized spacial score (nSPS) is 29.9. The minimum absolute atomic E-state index is 0.135. The molecule has 2 rings (SSSR count). The number of halogens is 1. The second-order valence-electron chi connectivity index (χ2n) is 4.66. The summed E-state index contributed by atoms with van der Waals surface area (Å²) in [6.45, 7) is 1.70. The Morgan fingerprint density at radius 1 is 1.38 bits per heavy atom. The Bertz CT molecular complexity index is 241. The summed E-state index contributed by atoms with van der Waals surface area (Å²) in [6, 6.07) is 0.467. The van der Waals surface area contributed by atoms with Crippen LogP contribution >= 0.6 is 15.9 Å². The maximum Gasteiger partial charge on any atom is 0.251 e. The molecule has 0 aliphatic carbocycles. The lowest BCUT2D eigenvalue weighted by Gasteiger charge is -2.26. The van der Waals surface area contributed by atoms with E-state index in [-0.39, 0.29) is 12.0 Å². The van der Waals surface area contributed by atoms with Crippen molar-refractivity contribution in [2.45, 2.75) is 50.7 Å². The molecule has 2 saturated heterocycles. The fourth-order valence-electron chi connectivity index (χ4n) is 2.70. The SMILES string of the molecule is O=C(C1CCCO1)N1CCCC1CCCBr. The second kappa shape index (κ2) is 6.01. The van der Waals surface area contributed by atoms with Crippen LogP contribution in [0.25, 0.3) is 0 Å². The number of carbonyl (C=O) groups excluding carboxylic acids is 1. The third kappa shape index (κ3) is 2.77. The highest BCUT2D eigenvalue weighted by atomic mass is 79.9. The van der Waals surface area contributed by atoms with E-state index in [9.17, 15) is 4.79 Å². The maximum atomic E-state index is 12.2. The summed E-state index contributed by atoms with van der Waals surface area (Å²) in [5, 5.41) is 1.03. The molecule has 0 aromatic carbocycles. The predicted octanol–water partition coefficient (Wildman–Crippen LogP) is 2.33. The molecule has 3 nitrogen and oxygen atoms in total. The van der Waals surface area contributed by atoms with Crippen LogP contribution in [-0.4, -0.2) is 41.4 Å². The molecule has 0 saturated carbocycles. The molecule has 0 N–H and O–H groups in total. The minimum Gasteiger partial charge on any atom is -0.368 e. The number of hydrogen-bond donors (Lipinski definition) is 0. The van der Waals surface area contributed by atoms with Crippen molar-refractivity contribution in [3.05, 3.63) is 0 Å².